The van der Waals surface area contributed by atoms with E-state index in [1.165, 1.54) is 11.1 Å². The van der Waals surface area contributed by atoms with Gasteiger partial charge in [0, 0.05) is 19.3 Å². The van der Waals surface area contributed by atoms with Crippen LogP contribution in [0.25, 0.3) is 0 Å². The third kappa shape index (κ3) is 4.73. The predicted octanol–water partition coefficient (Wildman–Crippen LogP) is 1.68. The minimum absolute atomic E-state index is 0.0485. The van der Waals surface area contributed by atoms with E-state index in [9.17, 15) is 14.7 Å². The molecule has 2 aliphatic rings. The zero-order valence-electron chi connectivity index (χ0n) is 15.1. The van der Waals surface area contributed by atoms with E-state index in [1.54, 1.807) is 6.08 Å². The summed E-state index contributed by atoms with van der Waals surface area (Å²) in [6.07, 6.45) is 5.02. The van der Waals surface area contributed by atoms with Gasteiger partial charge < -0.3 is 10.4 Å². The third-order valence-electron chi connectivity index (χ3n) is 4.75. The molecule has 2 fully saturated rings. The molecule has 1 aliphatic heterocycles. The van der Waals surface area contributed by atoms with Crippen LogP contribution in [0.15, 0.2) is 17.6 Å². The van der Waals surface area contributed by atoms with Crippen LogP contribution in [-0.2, 0) is 9.59 Å². The lowest BCUT2D eigenvalue weighted by atomic mass is 9.63. The van der Waals surface area contributed by atoms with Crippen LogP contribution in [0.4, 0.5) is 0 Å². The van der Waals surface area contributed by atoms with Gasteiger partial charge in [0.25, 0.3) is 0 Å². The molecule has 6 nitrogen and oxygen atoms in total. The van der Waals surface area contributed by atoms with E-state index in [4.69, 9.17) is 12.2 Å². The normalized spacial score (nSPS) is 32.8. The van der Waals surface area contributed by atoms with E-state index >= 15 is 0 Å². The highest BCUT2D eigenvalue weighted by atomic mass is 32.1. The number of amides is 2. The number of aliphatic imine (C=N–C) groups is 1. The first-order chi connectivity index (χ1) is 11.6. The summed E-state index contributed by atoms with van der Waals surface area (Å²) in [4.78, 5) is 30.2. The lowest BCUT2D eigenvalue weighted by Gasteiger charge is -2.44. The Balaban J connectivity index is 2.07. The minimum atomic E-state index is -0.975. The first kappa shape index (κ1) is 19.7. The number of rotatable bonds is 5. The molecule has 0 bridgehead atoms. The van der Waals surface area contributed by atoms with Crippen molar-refractivity contribution < 1.29 is 14.7 Å². The topological polar surface area (TPSA) is 82.0 Å². The molecule has 3 atom stereocenters. The summed E-state index contributed by atoms with van der Waals surface area (Å²) in [5.41, 5.74) is -0.102. The molecule has 138 valence electrons. The summed E-state index contributed by atoms with van der Waals surface area (Å²) in [6.45, 7) is 10.7. The zero-order chi connectivity index (χ0) is 18.8. The highest BCUT2D eigenvalue weighted by Gasteiger charge is 2.41. The molecule has 0 radical (unpaired) electrons. The maximum absolute atomic E-state index is 12.5. The standard InChI is InChI=1S/C18H27N3O3S/c1-5-6-21-15(24)13(14(23)20-16(21)25)9-19-11-18(4)8-12(22)7-17(2,3)10-18/h5,9,12-13,22H,1,6-8,10-11H2,2-4H3,(H,20,23,25)/t12-,13?,18-/m1/s1. The Morgan fingerprint density at radius 3 is 2.68 bits per heavy atom. The molecule has 2 rings (SSSR count). The number of thiocarbonyl (C=S) groups is 1. The summed E-state index contributed by atoms with van der Waals surface area (Å²) < 4.78 is 0. The number of carbonyl (C=O) groups excluding carboxylic acids is 2. The first-order valence-electron chi connectivity index (χ1n) is 8.52. The van der Waals surface area contributed by atoms with E-state index in [2.05, 4.69) is 37.7 Å². The van der Waals surface area contributed by atoms with Crippen molar-refractivity contribution in [2.45, 2.75) is 46.1 Å². The Morgan fingerprint density at radius 1 is 1.40 bits per heavy atom. The van der Waals surface area contributed by atoms with Crippen molar-refractivity contribution >= 4 is 35.4 Å². The fourth-order valence-electron chi connectivity index (χ4n) is 4.14. The van der Waals surface area contributed by atoms with Crippen molar-refractivity contribution in [2.75, 3.05) is 13.1 Å². The van der Waals surface area contributed by atoms with Crippen LogP contribution in [0.1, 0.15) is 40.0 Å². The summed E-state index contributed by atoms with van der Waals surface area (Å²) in [6, 6.07) is 0. The molecule has 0 spiro atoms. The van der Waals surface area contributed by atoms with Gasteiger partial charge in [-0.05, 0) is 42.3 Å². The van der Waals surface area contributed by atoms with Crippen LogP contribution < -0.4 is 5.32 Å². The maximum atomic E-state index is 12.5. The second-order valence-corrected chi connectivity index (χ2v) is 8.60. The molecule has 1 aliphatic carbocycles. The molecule has 1 heterocycles. The number of aliphatic hydroxyl groups excluding tert-OH is 1. The molecular formula is C18H27N3O3S. The lowest BCUT2D eigenvalue weighted by Crippen LogP contribution is -2.58. The van der Waals surface area contributed by atoms with Gasteiger partial charge in [0.1, 0.15) is 0 Å². The van der Waals surface area contributed by atoms with Crippen molar-refractivity contribution in [1.29, 1.82) is 0 Å². The average molecular weight is 365 g/mol. The predicted molar refractivity (Wildman–Crippen MR) is 101 cm³/mol. The van der Waals surface area contributed by atoms with Gasteiger partial charge in [-0.1, -0.05) is 26.8 Å². The number of aliphatic hydroxyl groups is 1. The molecule has 25 heavy (non-hydrogen) atoms. The third-order valence-corrected chi connectivity index (χ3v) is 5.07. The van der Waals surface area contributed by atoms with Gasteiger partial charge in [0.2, 0.25) is 11.8 Å². The van der Waals surface area contributed by atoms with Crippen LogP contribution in [-0.4, -0.2) is 52.3 Å². The second kappa shape index (κ2) is 7.33. The maximum Gasteiger partial charge on any atom is 0.247 e. The molecule has 0 aromatic rings. The lowest BCUT2D eigenvalue weighted by molar-refractivity contribution is -0.137. The zero-order valence-corrected chi connectivity index (χ0v) is 15.9. The first-order valence-corrected chi connectivity index (χ1v) is 8.93. The van der Waals surface area contributed by atoms with Crippen molar-refractivity contribution in [3.63, 3.8) is 0 Å². The van der Waals surface area contributed by atoms with Crippen molar-refractivity contribution in [2.24, 2.45) is 21.7 Å². The molecule has 2 N–H and O–H groups in total. The number of hydrogen-bond acceptors (Lipinski definition) is 5. The van der Waals surface area contributed by atoms with Gasteiger partial charge in [-0.25, -0.2) is 0 Å². The second-order valence-electron chi connectivity index (χ2n) is 8.21. The Bertz CT molecular complexity index is 617. The number of nitrogens with one attached hydrogen (secondary N) is 1. The molecule has 1 saturated heterocycles. The summed E-state index contributed by atoms with van der Waals surface area (Å²) in [7, 11) is 0. The van der Waals surface area contributed by atoms with E-state index in [1.807, 2.05) is 0 Å². The minimum Gasteiger partial charge on any atom is -0.393 e. The van der Waals surface area contributed by atoms with Gasteiger partial charge in [0.15, 0.2) is 11.0 Å². The molecular weight excluding hydrogens is 338 g/mol. The molecule has 0 aromatic heterocycles. The van der Waals surface area contributed by atoms with E-state index in [-0.39, 0.29) is 34.5 Å². The van der Waals surface area contributed by atoms with Gasteiger partial charge in [-0.2, -0.15) is 0 Å². The fraction of sp³-hybridized carbons (Fsp3) is 0.667. The monoisotopic (exact) mass is 365 g/mol. The van der Waals surface area contributed by atoms with Gasteiger partial charge in [-0.3, -0.25) is 19.5 Å². The Hall–Kier alpha value is -1.60. The molecule has 2 amide bonds. The highest BCUT2D eigenvalue weighted by molar-refractivity contribution is 7.80. The van der Waals surface area contributed by atoms with E-state index in [0.29, 0.717) is 13.0 Å². The summed E-state index contributed by atoms with van der Waals surface area (Å²) in [5, 5.41) is 12.8. The molecule has 1 saturated carbocycles. The molecule has 1 unspecified atom stereocenters. The van der Waals surface area contributed by atoms with Crippen molar-refractivity contribution in [1.82, 2.24) is 10.2 Å². The average Bonchev–Trinajstić information content (AvgIpc) is 2.44. The van der Waals surface area contributed by atoms with Gasteiger partial charge in [-0.15, -0.1) is 6.58 Å². The van der Waals surface area contributed by atoms with Crippen LogP contribution in [0.3, 0.4) is 0 Å². The van der Waals surface area contributed by atoms with E-state index in [0.717, 1.165) is 12.8 Å². The van der Waals surface area contributed by atoms with Crippen LogP contribution in [0, 0.1) is 16.7 Å². The number of carbonyl (C=O) groups is 2. The summed E-state index contributed by atoms with van der Waals surface area (Å²) >= 11 is 5.02. The Labute approximate surface area is 154 Å². The Kier molecular flexibility index (Phi) is 5.79. The van der Waals surface area contributed by atoms with Crippen molar-refractivity contribution in [3.05, 3.63) is 12.7 Å². The number of hydrogen-bond donors (Lipinski definition) is 2. The highest BCUT2D eigenvalue weighted by Crippen LogP contribution is 2.46. The SMILES string of the molecule is C=CCN1C(=O)C(C=NC[C@]2(C)C[C@H](O)CC(C)(C)C2)C(=O)NC1=S. The smallest absolute Gasteiger partial charge is 0.247 e. The largest absolute Gasteiger partial charge is 0.393 e. The van der Waals surface area contributed by atoms with Gasteiger partial charge in [0.05, 0.1) is 6.10 Å². The van der Waals surface area contributed by atoms with Crippen molar-refractivity contribution in [3.8, 4) is 0 Å². The summed E-state index contributed by atoms with van der Waals surface area (Å²) in [5.74, 6) is -1.81. The van der Waals surface area contributed by atoms with Gasteiger partial charge >= 0.3 is 0 Å². The number of nitrogens with zero attached hydrogens (tertiary/aromatic N) is 2. The molecule has 0 aromatic carbocycles. The van der Waals surface area contributed by atoms with Crippen LogP contribution >= 0.6 is 12.2 Å². The van der Waals surface area contributed by atoms with Crippen LogP contribution in [0.2, 0.25) is 0 Å². The molecule has 7 heteroatoms. The quantitative estimate of drug-likeness (QED) is 0.336. The fourth-order valence-corrected chi connectivity index (χ4v) is 4.41. The van der Waals surface area contributed by atoms with E-state index < -0.39 is 11.8 Å². The Morgan fingerprint density at radius 2 is 2.08 bits per heavy atom. The van der Waals surface area contributed by atoms with Crippen LogP contribution in [0.5, 0.6) is 0 Å².